The highest BCUT2D eigenvalue weighted by Crippen LogP contribution is 2.41. The molecule has 9 aromatic carbocycles. The summed E-state index contributed by atoms with van der Waals surface area (Å²) in [6.45, 7) is 7.75. The largest absolute Gasteiger partial charge is 0.456 e. The number of furan rings is 1. The number of hydrogen-bond donors (Lipinski definition) is 0. The highest BCUT2D eigenvalue weighted by Gasteiger charge is 2.39. The second-order valence-electron chi connectivity index (χ2n) is 14.5. The molecule has 11 rings (SSSR count). The predicted molar refractivity (Wildman–Crippen MR) is 240 cm³/mol. The first-order valence-corrected chi connectivity index (χ1v) is 21.1. The zero-order valence-corrected chi connectivity index (χ0v) is 31.8. The second-order valence-corrected chi connectivity index (χ2v) is 18.0. The molecular formula is C53H32N2OSi. The minimum atomic E-state index is -3.04. The molecule has 57 heavy (non-hydrogen) atoms. The molecule has 0 aliphatic heterocycles. The molecule has 0 saturated heterocycles. The molecule has 0 bridgehead atoms. The van der Waals surface area contributed by atoms with Gasteiger partial charge in [0.15, 0.2) is 5.69 Å². The van der Waals surface area contributed by atoms with E-state index in [9.17, 15) is 0 Å². The molecule has 0 saturated carbocycles. The van der Waals surface area contributed by atoms with Crippen LogP contribution in [0.5, 0.6) is 0 Å². The Morgan fingerprint density at radius 1 is 0.439 bits per heavy atom. The summed E-state index contributed by atoms with van der Waals surface area (Å²) in [4.78, 5) is 3.78. The van der Waals surface area contributed by atoms with E-state index in [4.69, 9.17) is 11.0 Å². The molecule has 0 N–H and O–H groups in total. The molecule has 11 aromatic rings. The van der Waals surface area contributed by atoms with Crippen LogP contribution < -0.4 is 15.6 Å². The van der Waals surface area contributed by atoms with Crippen LogP contribution in [0.4, 0.5) is 5.69 Å². The maximum atomic E-state index is 7.75. The van der Waals surface area contributed by atoms with Gasteiger partial charge in [-0.1, -0.05) is 164 Å². The lowest BCUT2D eigenvalue weighted by Crippen LogP contribution is -2.66. The van der Waals surface area contributed by atoms with Gasteiger partial charge in [-0.2, -0.15) is 0 Å². The molecule has 264 valence electrons. The highest BCUT2D eigenvalue weighted by molar-refractivity contribution is 7.17. The summed E-state index contributed by atoms with van der Waals surface area (Å²) < 4.78 is 8.72. The molecule has 0 spiro atoms. The fourth-order valence-electron chi connectivity index (χ4n) is 8.96. The van der Waals surface area contributed by atoms with Gasteiger partial charge in [-0.3, -0.25) is 0 Å². The van der Waals surface area contributed by atoms with Crippen LogP contribution in [0, 0.1) is 18.0 Å². The molecule has 4 heteroatoms. The van der Waals surface area contributed by atoms with E-state index in [-0.39, 0.29) is 0 Å². The first-order valence-electron chi connectivity index (χ1n) is 19.1. The molecule has 0 amide bonds. The Hall–Kier alpha value is -7.63. The van der Waals surface area contributed by atoms with Crippen LogP contribution in [-0.2, 0) is 0 Å². The molecule has 2 heterocycles. The molecule has 2 aromatic heterocycles. The normalized spacial score (nSPS) is 11.7. The predicted octanol–water partition coefficient (Wildman–Crippen LogP) is 11.6. The van der Waals surface area contributed by atoms with Gasteiger partial charge in [0.05, 0.1) is 23.3 Å². The number of nitrogens with zero attached hydrogens (tertiary/aromatic N) is 2. The van der Waals surface area contributed by atoms with Crippen molar-refractivity contribution in [2.75, 3.05) is 0 Å². The number of benzene rings is 9. The minimum absolute atomic E-state index is 0.635. The summed E-state index contributed by atoms with van der Waals surface area (Å²) in [6.07, 6.45) is 0. The Kier molecular flexibility index (Phi) is 7.47. The monoisotopic (exact) mass is 740 g/mol. The van der Waals surface area contributed by atoms with Crippen LogP contribution in [0.1, 0.15) is 5.56 Å². The number of para-hydroxylation sites is 2. The lowest BCUT2D eigenvalue weighted by atomic mass is 9.95. The van der Waals surface area contributed by atoms with Crippen molar-refractivity contribution in [3.63, 3.8) is 0 Å². The van der Waals surface area contributed by atoms with Crippen molar-refractivity contribution in [1.29, 1.82) is 0 Å². The summed E-state index contributed by atoms with van der Waals surface area (Å²) in [5.41, 5.74) is 10.8. The highest BCUT2D eigenvalue weighted by atomic mass is 28.3. The summed E-state index contributed by atoms with van der Waals surface area (Å²) in [7, 11) is -3.04. The summed E-state index contributed by atoms with van der Waals surface area (Å²) in [6, 6.07) is 68.7. The number of fused-ring (bicyclic) bond motifs is 8. The van der Waals surface area contributed by atoms with Crippen molar-refractivity contribution in [3.8, 4) is 17.2 Å². The molecule has 0 fully saturated rings. The zero-order chi connectivity index (χ0) is 37.9. The first kappa shape index (κ1) is 32.8. The topological polar surface area (TPSA) is 22.4 Å². The van der Waals surface area contributed by atoms with E-state index in [0.717, 1.165) is 76.5 Å². The van der Waals surface area contributed by atoms with Gasteiger partial charge in [0.2, 0.25) is 8.07 Å². The van der Waals surface area contributed by atoms with Gasteiger partial charge in [-0.05, 0) is 57.3 Å². The van der Waals surface area contributed by atoms with Crippen LogP contribution in [0.15, 0.2) is 199 Å². The average Bonchev–Trinajstić information content (AvgIpc) is 3.82. The Morgan fingerprint density at radius 2 is 0.982 bits per heavy atom. The van der Waals surface area contributed by atoms with Gasteiger partial charge in [0, 0.05) is 43.3 Å². The number of rotatable bonds is 4. The quantitative estimate of drug-likeness (QED) is 0.0579. The third-order valence-corrected chi connectivity index (χ3v) is 15.6. The van der Waals surface area contributed by atoms with Crippen LogP contribution in [0.25, 0.3) is 75.8 Å². The van der Waals surface area contributed by atoms with Crippen LogP contribution in [0.2, 0.25) is 0 Å². The van der Waals surface area contributed by atoms with Crippen LogP contribution >= 0.6 is 0 Å². The smallest absolute Gasteiger partial charge is 0.230 e. The van der Waals surface area contributed by atoms with Gasteiger partial charge >= 0.3 is 0 Å². The van der Waals surface area contributed by atoms with E-state index in [1.54, 1.807) is 0 Å². The van der Waals surface area contributed by atoms with Gasteiger partial charge in [-0.25, -0.2) is 4.85 Å². The summed E-state index contributed by atoms with van der Waals surface area (Å²) >= 11 is 0. The number of hydrogen-bond acceptors (Lipinski definition) is 1. The SMILES string of the molecule is [C-]#[N+]c1ccc2c(c1)c1ccccc1n2-c1c2ccccc2c(C#C[Si](c2ccccc2)(c2ccccc2)c2ccc3oc4ccccc4c3c2)c2ccccc12. The molecule has 3 nitrogen and oxygen atoms in total. The van der Waals surface area contributed by atoms with Gasteiger partial charge in [-0.15, -0.1) is 5.54 Å². The van der Waals surface area contributed by atoms with E-state index >= 15 is 0 Å². The molecule has 0 unspecified atom stereocenters. The molecule has 0 atom stereocenters. The lowest BCUT2D eigenvalue weighted by Gasteiger charge is -2.28. The standard InChI is InChI=1S/C53H32N2OSi/c1-54-36-28-30-50-47(34-36)43-22-12-14-26-49(43)55(50)53-45-24-10-8-20-40(45)42(41-21-9-11-25-46(41)53)32-33-57(37-16-4-2-5-17-37,38-18-6-3-7-19-38)39-29-31-52-48(35-39)44-23-13-15-27-51(44)56-52/h2-31,34-35H. The van der Waals surface area contributed by atoms with Crippen molar-refractivity contribution in [1.82, 2.24) is 4.57 Å². The van der Waals surface area contributed by atoms with Crippen LogP contribution in [-0.4, -0.2) is 12.6 Å². The second kappa shape index (κ2) is 13.0. The fourth-order valence-corrected chi connectivity index (χ4v) is 12.8. The third-order valence-electron chi connectivity index (χ3n) is 11.5. The van der Waals surface area contributed by atoms with Crippen molar-refractivity contribution in [3.05, 3.63) is 211 Å². The fraction of sp³-hybridized carbons (Fsp3) is 0. The van der Waals surface area contributed by atoms with E-state index in [1.807, 2.05) is 24.3 Å². The van der Waals surface area contributed by atoms with Crippen molar-refractivity contribution in [2.45, 2.75) is 0 Å². The Bertz CT molecular complexity index is 3390. The molecule has 0 radical (unpaired) electrons. The minimum Gasteiger partial charge on any atom is -0.456 e. The van der Waals surface area contributed by atoms with E-state index in [2.05, 4.69) is 191 Å². The van der Waals surface area contributed by atoms with Gasteiger partial charge in [0.25, 0.3) is 0 Å². The van der Waals surface area contributed by atoms with Crippen molar-refractivity contribution in [2.24, 2.45) is 0 Å². The lowest BCUT2D eigenvalue weighted by molar-refractivity contribution is 0.669. The molecule has 0 aliphatic rings. The zero-order valence-electron chi connectivity index (χ0n) is 30.8. The maximum absolute atomic E-state index is 7.75. The maximum Gasteiger partial charge on any atom is 0.230 e. The van der Waals surface area contributed by atoms with E-state index in [1.165, 1.54) is 15.6 Å². The van der Waals surface area contributed by atoms with Gasteiger partial charge in [0.1, 0.15) is 11.2 Å². The van der Waals surface area contributed by atoms with E-state index in [0.29, 0.717) is 5.69 Å². The molecular weight excluding hydrogens is 709 g/mol. The van der Waals surface area contributed by atoms with Crippen LogP contribution in [0.3, 0.4) is 0 Å². The molecule has 0 aliphatic carbocycles. The van der Waals surface area contributed by atoms with Crippen molar-refractivity contribution < 1.29 is 4.42 Å². The summed E-state index contributed by atoms with van der Waals surface area (Å²) in [5, 5.41) is 12.5. The average molecular weight is 741 g/mol. The van der Waals surface area contributed by atoms with E-state index < -0.39 is 8.07 Å². The summed E-state index contributed by atoms with van der Waals surface area (Å²) in [5.74, 6) is 3.95. The Morgan fingerprint density at radius 3 is 1.65 bits per heavy atom. The first-order chi connectivity index (χ1) is 28.2. The Balaban J connectivity index is 1.24. The third kappa shape index (κ3) is 4.99. The van der Waals surface area contributed by atoms with Crippen molar-refractivity contribution >= 4 is 94.6 Å². The van der Waals surface area contributed by atoms with Gasteiger partial charge < -0.3 is 8.98 Å². The number of aromatic nitrogens is 1. The Labute approximate surface area is 330 Å².